The van der Waals surface area contributed by atoms with E-state index in [4.69, 9.17) is 9.47 Å². The van der Waals surface area contributed by atoms with E-state index in [-0.39, 0.29) is 12.2 Å². The fourth-order valence-corrected chi connectivity index (χ4v) is 0.887. The van der Waals surface area contributed by atoms with Crippen LogP contribution in [-0.2, 0) is 9.47 Å². The first-order chi connectivity index (χ1) is 4.83. The summed E-state index contributed by atoms with van der Waals surface area (Å²) in [6.45, 7) is 5.15. The lowest BCUT2D eigenvalue weighted by Crippen LogP contribution is -2.29. The van der Waals surface area contributed by atoms with E-state index in [2.05, 4.69) is 11.8 Å². The van der Waals surface area contributed by atoms with Crippen LogP contribution < -0.4 is 0 Å². The predicted molar refractivity (Wildman–Crippen MR) is 38.3 cm³/mol. The minimum absolute atomic E-state index is 0.0464. The minimum Gasteiger partial charge on any atom is -0.352 e. The summed E-state index contributed by atoms with van der Waals surface area (Å²) in [5.41, 5.74) is 0. The Hall–Kier alpha value is -0.520. The lowest BCUT2D eigenvalue weighted by molar-refractivity contribution is -0.180. The highest BCUT2D eigenvalue weighted by Gasteiger charge is 2.16. The van der Waals surface area contributed by atoms with Gasteiger partial charge in [0.1, 0.15) is 0 Å². The van der Waals surface area contributed by atoms with Crippen molar-refractivity contribution in [2.24, 2.45) is 5.92 Å². The molecule has 0 bridgehead atoms. The van der Waals surface area contributed by atoms with E-state index < -0.39 is 0 Å². The topological polar surface area (TPSA) is 18.5 Å². The molecule has 1 fully saturated rings. The van der Waals surface area contributed by atoms with Crippen molar-refractivity contribution in [1.82, 2.24) is 0 Å². The van der Waals surface area contributed by atoms with Crippen LogP contribution in [0.25, 0.3) is 0 Å². The monoisotopic (exact) mass is 140 g/mol. The van der Waals surface area contributed by atoms with E-state index in [1.165, 1.54) is 0 Å². The maximum absolute atomic E-state index is 5.22. The molecule has 1 aliphatic rings. The Labute approximate surface area is 61.5 Å². The molecule has 0 aliphatic carbocycles. The van der Waals surface area contributed by atoms with Crippen LogP contribution in [0.2, 0.25) is 0 Å². The molecular formula is C8H12O2. The molecule has 1 aliphatic heterocycles. The molecule has 0 aromatic heterocycles. The van der Waals surface area contributed by atoms with Gasteiger partial charge in [-0.1, -0.05) is 5.92 Å². The van der Waals surface area contributed by atoms with E-state index in [1.807, 2.05) is 13.8 Å². The van der Waals surface area contributed by atoms with Crippen molar-refractivity contribution >= 4 is 0 Å². The van der Waals surface area contributed by atoms with E-state index in [0.717, 1.165) is 0 Å². The third-order valence-corrected chi connectivity index (χ3v) is 1.41. The average molecular weight is 140 g/mol. The lowest BCUT2D eigenvalue weighted by atomic mass is 10.2. The molecule has 0 N–H and O–H groups in total. The zero-order valence-electron chi connectivity index (χ0n) is 6.39. The number of hydrogen-bond donors (Lipinski definition) is 0. The van der Waals surface area contributed by atoms with Gasteiger partial charge in [-0.25, -0.2) is 0 Å². The molecule has 10 heavy (non-hydrogen) atoms. The maximum atomic E-state index is 5.22. The van der Waals surface area contributed by atoms with Crippen LogP contribution in [0.5, 0.6) is 0 Å². The fraction of sp³-hybridized carbons (Fsp3) is 0.750. The van der Waals surface area contributed by atoms with Gasteiger partial charge in [-0.3, -0.25) is 0 Å². The Bertz CT molecular complexity index is 146. The van der Waals surface area contributed by atoms with Crippen molar-refractivity contribution in [3.63, 3.8) is 0 Å². The summed E-state index contributed by atoms with van der Waals surface area (Å²) in [6, 6.07) is 0. The molecule has 2 heteroatoms. The summed E-state index contributed by atoms with van der Waals surface area (Å²) in [6.07, 6.45) is -0.0464. The number of hydrogen-bond acceptors (Lipinski definition) is 2. The Morgan fingerprint density at radius 2 is 1.90 bits per heavy atom. The van der Waals surface area contributed by atoms with Crippen molar-refractivity contribution in [1.29, 1.82) is 0 Å². The highest BCUT2D eigenvalue weighted by molar-refractivity contribution is 5.01. The fourth-order valence-electron chi connectivity index (χ4n) is 0.887. The van der Waals surface area contributed by atoms with Crippen LogP contribution in [0.4, 0.5) is 0 Å². The van der Waals surface area contributed by atoms with Gasteiger partial charge in [0.05, 0.1) is 19.1 Å². The maximum Gasteiger partial charge on any atom is 0.154 e. The van der Waals surface area contributed by atoms with Crippen LogP contribution >= 0.6 is 0 Å². The van der Waals surface area contributed by atoms with Crippen LogP contribution in [-0.4, -0.2) is 19.5 Å². The number of rotatable bonds is 0. The van der Waals surface area contributed by atoms with Crippen LogP contribution in [0.1, 0.15) is 13.8 Å². The number of ether oxygens (including phenoxy) is 2. The Morgan fingerprint density at radius 1 is 1.30 bits per heavy atom. The van der Waals surface area contributed by atoms with E-state index >= 15 is 0 Å². The molecule has 0 atom stereocenters. The van der Waals surface area contributed by atoms with Gasteiger partial charge in [-0.05, 0) is 13.8 Å². The molecule has 0 aromatic carbocycles. The zero-order valence-corrected chi connectivity index (χ0v) is 6.39. The van der Waals surface area contributed by atoms with Crippen molar-refractivity contribution < 1.29 is 9.47 Å². The molecule has 0 aromatic rings. The summed E-state index contributed by atoms with van der Waals surface area (Å²) in [7, 11) is 0. The first-order valence-electron chi connectivity index (χ1n) is 3.48. The average Bonchev–Trinajstić information content (AvgIpc) is 1.95. The van der Waals surface area contributed by atoms with Crippen molar-refractivity contribution in [3.05, 3.63) is 0 Å². The smallest absolute Gasteiger partial charge is 0.154 e. The third-order valence-electron chi connectivity index (χ3n) is 1.41. The predicted octanol–water partition coefficient (Wildman–Crippen LogP) is 1.02. The van der Waals surface area contributed by atoms with Gasteiger partial charge in [-0.15, -0.1) is 5.92 Å². The summed E-state index contributed by atoms with van der Waals surface area (Å²) in [5, 5.41) is 0. The molecule has 1 heterocycles. The zero-order chi connectivity index (χ0) is 7.40. The van der Waals surface area contributed by atoms with Gasteiger partial charge in [0.25, 0.3) is 0 Å². The molecule has 1 rings (SSSR count). The highest BCUT2D eigenvalue weighted by Crippen LogP contribution is 2.08. The first-order valence-corrected chi connectivity index (χ1v) is 3.48. The van der Waals surface area contributed by atoms with Crippen LogP contribution in [0, 0.1) is 17.8 Å². The Kier molecular flexibility index (Phi) is 2.73. The second-order valence-corrected chi connectivity index (χ2v) is 2.33. The first kappa shape index (κ1) is 7.59. The molecule has 1 saturated heterocycles. The standard InChI is InChI=1S/C8H12O2/c1-3-4-8-5-9-7(2)10-6-8/h7-8H,5-6H2,1-2H3. The molecule has 0 radical (unpaired) electrons. The third kappa shape index (κ3) is 2.02. The Morgan fingerprint density at radius 3 is 2.40 bits per heavy atom. The van der Waals surface area contributed by atoms with Gasteiger partial charge in [0.2, 0.25) is 0 Å². The van der Waals surface area contributed by atoms with Gasteiger partial charge in [0, 0.05) is 0 Å². The van der Waals surface area contributed by atoms with Crippen LogP contribution in [0.15, 0.2) is 0 Å². The summed E-state index contributed by atoms with van der Waals surface area (Å²) in [5.74, 6) is 6.13. The molecule has 2 nitrogen and oxygen atoms in total. The molecule has 0 spiro atoms. The molecular weight excluding hydrogens is 128 g/mol. The van der Waals surface area contributed by atoms with Crippen molar-refractivity contribution in [3.8, 4) is 11.8 Å². The van der Waals surface area contributed by atoms with Gasteiger partial charge >= 0.3 is 0 Å². The van der Waals surface area contributed by atoms with E-state index in [9.17, 15) is 0 Å². The summed E-state index contributed by atoms with van der Waals surface area (Å²) < 4.78 is 10.4. The quantitative estimate of drug-likeness (QED) is 0.468. The van der Waals surface area contributed by atoms with E-state index in [1.54, 1.807) is 0 Å². The summed E-state index contributed by atoms with van der Waals surface area (Å²) >= 11 is 0. The van der Waals surface area contributed by atoms with Crippen molar-refractivity contribution in [2.45, 2.75) is 20.1 Å². The molecule has 0 saturated carbocycles. The van der Waals surface area contributed by atoms with Crippen LogP contribution in [0.3, 0.4) is 0 Å². The SMILES string of the molecule is CC#CC1COC(C)OC1. The molecule has 0 amide bonds. The second kappa shape index (κ2) is 3.60. The Balaban J connectivity index is 2.30. The normalized spacial score (nSPS) is 32.6. The van der Waals surface area contributed by atoms with Gasteiger partial charge in [0.15, 0.2) is 6.29 Å². The van der Waals surface area contributed by atoms with Gasteiger partial charge < -0.3 is 9.47 Å². The second-order valence-electron chi connectivity index (χ2n) is 2.33. The molecule has 0 unspecified atom stereocenters. The lowest BCUT2D eigenvalue weighted by Gasteiger charge is -2.23. The largest absolute Gasteiger partial charge is 0.352 e. The highest BCUT2D eigenvalue weighted by atomic mass is 16.7. The van der Waals surface area contributed by atoms with Crippen molar-refractivity contribution in [2.75, 3.05) is 13.2 Å². The minimum atomic E-state index is -0.0464. The van der Waals surface area contributed by atoms with Gasteiger partial charge in [-0.2, -0.15) is 0 Å². The van der Waals surface area contributed by atoms with E-state index in [0.29, 0.717) is 13.2 Å². The molecule has 56 valence electrons. The summed E-state index contributed by atoms with van der Waals surface area (Å²) in [4.78, 5) is 0.